The Morgan fingerprint density at radius 2 is 2.29 bits per heavy atom. The molecule has 0 fully saturated rings. The molecule has 1 rings (SSSR count). The zero-order valence-electron chi connectivity index (χ0n) is 7.85. The van der Waals surface area contributed by atoms with Crippen molar-refractivity contribution < 1.29 is 14.6 Å². The van der Waals surface area contributed by atoms with Gasteiger partial charge in [-0.15, -0.1) is 0 Å². The number of carboxylic acid groups (broad SMARTS) is 1. The second-order valence-corrected chi connectivity index (χ2v) is 2.83. The van der Waals surface area contributed by atoms with Crippen LogP contribution in [0.5, 0.6) is 0 Å². The van der Waals surface area contributed by atoms with Gasteiger partial charge in [0.1, 0.15) is 0 Å². The Morgan fingerprint density at radius 1 is 1.43 bits per heavy atom. The number of aliphatic carboxylic acids is 1. The highest BCUT2D eigenvalue weighted by Crippen LogP contribution is 1.95. The van der Waals surface area contributed by atoms with E-state index >= 15 is 0 Å². The predicted molar refractivity (Wildman–Crippen MR) is 51.0 cm³/mol. The van der Waals surface area contributed by atoms with Crippen LogP contribution >= 0.6 is 0 Å². The van der Waals surface area contributed by atoms with Crippen LogP contribution in [0.2, 0.25) is 0 Å². The second-order valence-electron chi connectivity index (χ2n) is 2.83. The van der Waals surface area contributed by atoms with Gasteiger partial charge in [-0.25, -0.2) is 0 Å². The first-order valence-corrected chi connectivity index (χ1v) is 4.48. The number of aromatic nitrogens is 1. The topological polar surface area (TPSA) is 59.4 Å². The molecule has 1 aromatic rings. The Labute approximate surface area is 82.5 Å². The summed E-state index contributed by atoms with van der Waals surface area (Å²) in [7, 11) is 0. The van der Waals surface area contributed by atoms with E-state index in [4.69, 9.17) is 9.84 Å². The van der Waals surface area contributed by atoms with E-state index in [0.717, 1.165) is 12.1 Å². The molecule has 0 atom stereocenters. The summed E-state index contributed by atoms with van der Waals surface area (Å²) in [6.45, 7) is 0.784. The Balaban J connectivity index is 2.08. The van der Waals surface area contributed by atoms with Crippen molar-refractivity contribution in [2.75, 3.05) is 13.2 Å². The van der Waals surface area contributed by atoms with E-state index in [2.05, 4.69) is 4.98 Å². The lowest BCUT2D eigenvalue weighted by atomic mass is 10.3. The number of ether oxygens (including phenoxy) is 1. The van der Waals surface area contributed by atoms with Gasteiger partial charge < -0.3 is 9.84 Å². The SMILES string of the molecule is O=C(O)CCOCCc1ccccn1. The summed E-state index contributed by atoms with van der Waals surface area (Å²) in [4.78, 5) is 14.3. The lowest BCUT2D eigenvalue weighted by Crippen LogP contribution is -2.05. The van der Waals surface area contributed by atoms with Crippen LogP contribution in [0.4, 0.5) is 0 Å². The molecule has 0 bridgehead atoms. The molecule has 0 saturated heterocycles. The first-order valence-electron chi connectivity index (χ1n) is 4.48. The van der Waals surface area contributed by atoms with E-state index in [1.165, 1.54) is 0 Å². The summed E-state index contributed by atoms with van der Waals surface area (Å²) in [6.07, 6.45) is 2.51. The Bertz CT molecular complexity index is 274. The lowest BCUT2D eigenvalue weighted by Gasteiger charge is -2.01. The smallest absolute Gasteiger partial charge is 0.305 e. The average Bonchev–Trinajstić information content (AvgIpc) is 2.18. The highest BCUT2D eigenvalue weighted by atomic mass is 16.5. The fourth-order valence-electron chi connectivity index (χ4n) is 0.984. The molecule has 0 spiro atoms. The maximum atomic E-state index is 10.1. The molecule has 14 heavy (non-hydrogen) atoms. The first-order chi connectivity index (χ1) is 6.79. The maximum absolute atomic E-state index is 10.1. The molecular weight excluding hydrogens is 182 g/mol. The van der Waals surface area contributed by atoms with Gasteiger partial charge in [-0.2, -0.15) is 0 Å². The highest BCUT2D eigenvalue weighted by molar-refractivity contribution is 5.66. The number of nitrogens with zero attached hydrogens (tertiary/aromatic N) is 1. The monoisotopic (exact) mass is 195 g/mol. The van der Waals surface area contributed by atoms with Crippen LogP contribution in [0, 0.1) is 0 Å². The van der Waals surface area contributed by atoms with Crippen LogP contribution in [0.25, 0.3) is 0 Å². The van der Waals surface area contributed by atoms with Crippen molar-refractivity contribution in [3.05, 3.63) is 30.1 Å². The van der Waals surface area contributed by atoms with Crippen molar-refractivity contribution in [2.45, 2.75) is 12.8 Å². The Kier molecular flexibility index (Phi) is 4.64. The third-order valence-corrected chi connectivity index (χ3v) is 1.69. The minimum Gasteiger partial charge on any atom is -0.481 e. The minimum absolute atomic E-state index is 0.0578. The molecule has 0 radical (unpaired) electrons. The standard InChI is InChI=1S/C10H13NO3/c12-10(13)5-8-14-7-4-9-3-1-2-6-11-9/h1-3,6H,4-5,7-8H2,(H,12,13). The summed E-state index contributed by atoms with van der Waals surface area (Å²) in [5.74, 6) is -0.831. The fraction of sp³-hybridized carbons (Fsp3) is 0.400. The average molecular weight is 195 g/mol. The van der Waals surface area contributed by atoms with Crippen molar-refractivity contribution in [2.24, 2.45) is 0 Å². The van der Waals surface area contributed by atoms with Gasteiger partial charge in [0, 0.05) is 18.3 Å². The number of hydrogen-bond acceptors (Lipinski definition) is 3. The summed E-state index contributed by atoms with van der Waals surface area (Å²) in [5, 5.41) is 8.34. The van der Waals surface area contributed by atoms with E-state index in [1.807, 2.05) is 18.2 Å². The molecule has 0 aromatic carbocycles. The minimum atomic E-state index is -0.831. The maximum Gasteiger partial charge on any atom is 0.305 e. The molecule has 4 nitrogen and oxygen atoms in total. The summed E-state index contributed by atoms with van der Waals surface area (Å²) in [5.41, 5.74) is 0.961. The van der Waals surface area contributed by atoms with Gasteiger partial charge in [-0.3, -0.25) is 9.78 Å². The van der Waals surface area contributed by atoms with Crippen LogP contribution in [-0.2, 0) is 16.0 Å². The van der Waals surface area contributed by atoms with Crippen LogP contribution in [0.15, 0.2) is 24.4 Å². The van der Waals surface area contributed by atoms with Crippen molar-refractivity contribution >= 4 is 5.97 Å². The zero-order chi connectivity index (χ0) is 10.2. The highest BCUT2D eigenvalue weighted by Gasteiger charge is 1.97. The number of carboxylic acids is 1. The lowest BCUT2D eigenvalue weighted by molar-refractivity contribution is -0.138. The molecule has 0 aliphatic carbocycles. The molecule has 0 aliphatic heterocycles. The first kappa shape index (κ1) is 10.7. The molecule has 4 heteroatoms. The molecule has 0 aliphatic rings. The Hall–Kier alpha value is -1.42. The van der Waals surface area contributed by atoms with Gasteiger partial charge in [-0.05, 0) is 12.1 Å². The van der Waals surface area contributed by atoms with Crippen molar-refractivity contribution in [3.8, 4) is 0 Å². The molecule has 0 amide bonds. The van der Waals surface area contributed by atoms with E-state index in [1.54, 1.807) is 6.20 Å². The fourth-order valence-corrected chi connectivity index (χ4v) is 0.984. The van der Waals surface area contributed by atoms with E-state index in [9.17, 15) is 4.79 Å². The number of rotatable bonds is 6. The Morgan fingerprint density at radius 3 is 2.93 bits per heavy atom. The van der Waals surface area contributed by atoms with Gasteiger partial charge in [0.2, 0.25) is 0 Å². The summed E-state index contributed by atoms with van der Waals surface area (Å²) in [6, 6.07) is 5.69. The van der Waals surface area contributed by atoms with Crippen molar-refractivity contribution in [3.63, 3.8) is 0 Å². The van der Waals surface area contributed by atoms with E-state index in [0.29, 0.717) is 6.61 Å². The summed E-state index contributed by atoms with van der Waals surface area (Å²) < 4.78 is 5.13. The molecule has 0 unspecified atom stereocenters. The third-order valence-electron chi connectivity index (χ3n) is 1.69. The number of carbonyl (C=O) groups is 1. The van der Waals surface area contributed by atoms with Crippen molar-refractivity contribution in [1.29, 1.82) is 0 Å². The quantitative estimate of drug-likeness (QED) is 0.691. The van der Waals surface area contributed by atoms with E-state index < -0.39 is 5.97 Å². The predicted octanol–water partition coefficient (Wildman–Crippen LogP) is 1.12. The van der Waals surface area contributed by atoms with E-state index in [-0.39, 0.29) is 13.0 Å². The van der Waals surface area contributed by atoms with Crippen LogP contribution in [0.1, 0.15) is 12.1 Å². The largest absolute Gasteiger partial charge is 0.481 e. The number of hydrogen-bond donors (Lipinski definition) is 1. The van der Waals surface area contributed by atoms with Crippen LogP contribution in [-0.4, -0.2) is 29.3 Å². The molecular formula is C10H13NO3. The van der Waals surface area contributed by atoms with Gasteiger partial charge >= 0.3 is 5.97 Å². The molecule has 1 aromatic heterocycles. The van der Waals surface area contributed by atoms with Gasteiger partial charge in [0.25, 0.3) is 0 Å². The summed E-state index contributed by atoms with van der Waals surface area (Å²) >= 11 is 0. The van der Waals surface area contributed by atoms with Gasteiger partial charge in [0.05, 0.1) is 19.6 Å². The molecule has 0 saturated carbocycles. The van der Waals surface area contributed by atoms with Gasteiger partial charge in [-0.1, -0.05) is 6.07 Å². The number of pyridine rings is 1. The van der Waals surface area contributed by atoms with Crippen molar-refractivity contribution in [1.82, 2.24) is 4.98 Å². The third kappa shape index (κ3) is 4.57. The van der Waals surface area contributed by atoms with Crippen LogP contribution < -0.4 is 0 Å². The van der Waals surface area contributed by atoms with Crippen LogP contribution in [0.3, 0.4) is 0 Å². The molecule has 1 N–H and O–H groups in total. The second kappa shape index (κ2) is 6.10. The zero-order valence-corrected chi connectivity index (χ0v) is 7.85. The normalized spacial score (nSPS) is 10.0. The van der Waals surface area contributed by atoms with Gasteiger partial charge in [0.15, 0.2) is 0 Å². The molecule has 76 valence electrons. The molecule has 1 heterocycles.